The molecular weight excluding hydrogens is 538 g/mol. The summed E-state index contributed by atoms with van der Waals surface area (Å²) in [5, 5.41) is 6.19. The zero-order chi connectivity index (χ0) is 31.4. The van der Waals surface area contributed by atoms with E-state index in [1.807, 2.05) is 69.0 Å². The van der Waals surface area contributed by atoms with Gasteiger partial charge < -0.3 is 20.3 Å². The summed E-state index contributed by atoms with van der Waals surface area (Å²) in [6.07, 6.45) is 4.92. The van der Waals surface area contributed by atoms with Gasteiger partial charge in [0.25, 0.3) is 5.91 Å². The lowest BCUT2D eigenvalue weighted by molar-refractivity contribution is -0.124. The molecule has 2 N–H and O–H groups in total. The quantitative estimate of drug-likeness (QED) is 0.366. The summed E-state index contributed by atoms with van der Waals surface area (Å²) in [5.74, 6) is 0.0826. The van der Waals surface area contributed by atoms with Gasteiger partial charge in [0.2, 0.25) is 5.91 Å². The lowest BCUT2D eigenvalue weighted by Gasteiger charge is -2.47. The molecule has 1 heterocycles. The number of aryl methyl sites for hydroxylation is 1. The van der Waals surface area contributed by atoms with Gasteiger partial charge in [-0.25, -0.2) is 4.79 Å². The first kappa shape index (κ1) is 32.6. The number of piperidine rings is 1. The third-order valence-corrected chi connectivity index (χ3v) is 8.90. The maximum atomic E-state index is 14.1. The molecule has 0 radical (unpaired) electrons. The van der Waals surface area contributed by atoms with Crippen LogP contribution in [0, 0.1) is 24.7 Å². The van der Waals surface area contributed by atoms with Crippen LogP contribution in [0.5, 0.6) is 0 Å². The van der Waals surface area contributed by atoms with Gasteiger partial charge in [0, 0.05) is 30.4 Å². The molecule has 7 heteroatoms. The second-order valence-electron chi connectivity index (χ2n) is 14.5. The number of hydrogen-bond acceptors (Lipinski definition) is 4. The highest BCUT2D eigenvalue weighted by Gasteiger charge is 2.44. The van der Waals surface area contributed by atoms with Gasteiger partial charge in [-0.1, -0.05) is 57.5 Å². The first-order chi connectivity index (χ1) is 20.2. The van der Waals surface area contributed by atoms with E-state index in [9.17, 15) is 14.4 Å². The third kappa shape index (κ3) is 8.61. The molecule has 0 aromatic heterocycles. The van der Waals surface area contributed by atoms with Crippen molar-refractivity contribution in [2.45, 2.75) is 104 Å². The number of amides is 3. The van der Waals surface area contributed by atoms with Crippen molar-refractivity contribution in [2.24, 2.45) is 17.8 Å². The Bertz CT molecular complexity index is 1290. The highest BCUT2D eigenvalue weighted by Crippen LogP contribution is 2.40. The molecule has 1 saturated carbocycles. The van der Waals surface area contributed by atoms with E-state index < -0.39 is 11.7 Å². The number of carbonyl (C=O) groups is 3. The van der Waals surface area contributed by atoms with Gasteiger partial charge in [-0.05, 0) is 106 Å². The topological polar surface area (TPSA) is 87.7 Å². The number of carbonyl (C=O) groups excluding carboxylic acids is 3. The smallest absolute Gasteiger partial charge is 0.407 e. The molecule has 43 heavy (non-hydrogen) atoms. The minimum absolute atomic E-state index is 0.00401. The number of nitrogens with one attached hydrogen (secondary N) is 2. The molecule has 0 spiro atoms. The van der Waals surface area contributed by atoms with Gasteiger partial charge in [-0.15, -0.1) is 0 Å². The number of rotatable bonds is 6. The van der Waals surface area contributed by atoms with Crippen LogP contribution >= 0.6 is 0 Å². The zero-order valence-electron chi connectivity index (χ0n) is 27.2. The molecule has 3 amide bonds. The highest BCUT2D eigenvalue weighted by atomic mass is 16.6. The van der Waals surface area contributed by atoms with Crippen LogP contribution in [0.3, 0.4) is 0 Å². The fourth-order valence-corrected chi connectivity index (χ4v) is 6.76. The fraction of sp³-hybridized carbons (Fsp3) is 0.583. The zero-order valence-corrected chi connectivity index (χ0v) is 27.2. The second-order valence-corrected chi connectivity index (χ2v) is 14.5. The Morgan fingerprint density at radius 1 is 0.930 bits per heavy atom. The summed E-state index contributed by atoms with van der Waals surface area (Å²) >= 11 is 0. The molecule has 0 bridgehead atoms. The van der Waals surface area contributed by atoms with Crippen molar-refractivity contribution in [3.8, 4) is 0 Å². The maximum absolute atomic E-state index is 14.1. The second kappa shape index (κ2) is 13.5. The van der Waals surface area contributed by atoms with E-state index in [-0.39, 0.29) is 41.0 Å². The van der Waals surface area contributed by atoms with Crippen molar-refractivity contribution in [3.05, 3.63) is 65.2 Å². The average molecular weight is 590 g/mol. The van der Waals surface area contributed by atoms with Crippen LogP contribution in [-0.2, 0) is 14.9 Å². The van der Waals surface area contributed by atoms with E-state index in [1.165, 1.54) is 0 Å². The predicted octanol–water partition coefficient (Wildman–Crippen LogP) is 7.48. The van der Waals surface area contributed by atoms with Crippen LogP contribution in [0.1, 0.15) is 102 Å². The van der Waals surface area contributed by atoms with Crippen molar-refractivity contribution in [1.29, 1.82) is 0 Å². The van der Waals surface area contributed by atoms with E-state index in [0.717, 1.165) is 55.3 Å². The highest BCUT2D eigenvalue weighted by molar-refractivity contribution is 5.97. The van der Waals surface area contributed by atoms with E-state index in [1.54, 1.807) is 0 Å². The standard InChI is InChI=1S/C36H51N3O4/c1-24-13-8-9-18-29(24)33(41)39-20-12-19-30(32(40)38-28-17-11-16-27(22-28)35(2,3)4)31(39)26-15-10-14-25(21-26)23-37-34(42)43-36(5,6)7/h8-9,11,13,16-18,22,25-26,30-31H,10,12,14-15,19-21,23H2,1-7H3,(H,37,42)(H,38,40)/t25-,26?,30?,31?/m0/s1. The monoisotopic (exact) mass is 589 g/mol. The van der Waals surface area contributed by atoms with Crippen LogP contribution < -0.4 is 10.6 Å². The average Bonchev–Trinajstić information content (AvgIpc) is 2.94. The fourth-order valence-electron chi connectivity index (χ4n) is 6.76. The van der Waals surface area contributed by atoms with E-state index in [0.29, 0.717) is 18.7 Å². The third-order valence-electron chi connectivity index (χ3n) is 8.90. The first-order valence-electron chi connectivity index (χ1n) is 16.0. The van der Waals surface area contributed by atoms with E-state index in [2.05, 4.69) is 43.5 Å². The molecule has 2 fully saturated rings. The molecule has 1 aliphatic heterocycles. The molecule has 2 aromatic rings. The van der Waals surface area contributed by atoms with Crippen LogP contribution in [0.25, 0.3) is 0 Å². The SMILES string of the molecule is Cc1ccccc1C(=O)N1CCCC(C(=O)Nc2cccc(C(C)(C)C)c2)C1C1CCC[C@H](CNC(=O)OC(C)(C)C)C1. The number of likely N-dealkylation sites (tertiary alicyclic amines) is 1. The van der Waals surface area contributed by atoms with Crippen LogP contribution in [0.15, 0.2) is 48.5 Å². The maximum Gasteiger partial charge on any atom is 0.407 e. The minimum Gasteiger partial charge on any atom is -0.444 e. The van der Waals surface area contributed by atoms with Gasteiger partial charge in [0.1, 0.15) is 5.60 Å². The predicted molar refractivity (Wildman–Crippen MR) is 172 cm³/mol. The van der Waals surface area contributed by atoms with Crippen molar-refractivity contribution in [3.63, 3.8) is 0 Å². The molecule has 1 saturated heterocycles. The molecule has 234 valence electrons. The van der Waals surface area contributed by atoms with Gasteiger partial charge in [0.05, 0.1) is 5.92 Å². The molecule has 1 aliphatic carbocycles. The van der Waals surface area contributed by atoms with Gasteiger partial charge in [-0.3, -0.25) is 9.59 Å². The van der Waals surface area contributed by atoms with Gasteiger partial charge in [0.15, 0.2) is 0 Å². The number of hydrogen-bond donors (Lipinski definition) is 2. The summed E-state index contributed by atoms with van der Waals surface area (Å²) in [6, 6.07) is 15.6. The lowest BCUT2D eigenvalue weighted by Crippen LogP contribution is -2.56. The molecular formula is C36H51N3O4. The Morgan fingerprint density at radius 2 is 1.67 bits per heavy atom. The normalized spacial score (nSPS) is 22.9. The van der Waals surface area contributed by atoms with Crippen molar-refractivity contribution < 1.29 is 19.1 Å². The first-order valence-corrected chi connectivity index (χ1v) is 16.0. The molecule has 2 aromatic carbocycles. The summed E-state index contributed by atoms with van der Waals surface area (Å²) in [7, 11) is 0. The molecule has 3 unspecified atom stereocenters. The lowest BCUT2D eigenvalue weighted by atomic mass is 9.71. The summed E-state index contributed by atoms with van der Waals surface area (Å²) in [4.78, 5) is 42.5. The van der Waals surface area contributed by atoms with Gasteiger partial charge >= 0.3 is 6.09 Å². The largest absolute Gasteiger partial charge is 0.444 e. The van der Waals surface area contributed by atoms with E-state index in [4.69, 9.17) is 4.74 Å². The summed E-state index contributed by atoms with van der Waals surface area (Å²) in [5.41, 5.74) is 3.02. The minimum atomic E-state index is -0.551. The Morgan fingerprint density at radius 3 is 2.37 bits per heavy atom. The number of anilines is 1. The van der Waals surface area contributed by atoms with Gasteiger partial charge in [-0.2, -0.15) is 0 Å². The molecule has 4 atom stereocenters. The van der Waals surface area contributed by atoms with E-state index >= 15 is 0 Å². The van der Waals surface area contributed by atoms with Crippen molar-refractivity contribution in [2.75, 3.05) is 18.4 Å². The Kier molecular flexibility index (Phi) is 10.2. The Labute approximate surface area is 258 Å². The van der Waals surface area contributed by atoms with Crippen molar-refractivity contribution in [1.82, 2.24) is 10.2 Å². The van der Waals surface area contributed by atoms with Crippen LogP contribution in [0.4, 0.5) is 10.5 Å². The van der Waals surface area contributed by atoms with Crippen LogP contribution in [-0.4, -0.2) is 47.5 Å². The summed E-state index contributed by atoms with van der Waals surface area (Å²) < 4.78 is 5.46. The number of alkyl carbamates (subject to hydrolysis) is 1. The number of nitrogens with zero attached hydrogens (tertiary/aromatic N) is 1. The number of ether oxygens (including phenoxy) is 1. The molecule has 4 rings (SSSR count). The Hall–Kier alpha value is -3.35. The van der Waals surface area contributed by atoms with Crippen LogP contribution in [0.2, 0.25) is 0 Å². The molecule has 2 aliphatic rings. The number of benzene rings is 2. The molecule has 7 nitrogen and oxygen atoms in total. The van der Waals surface area contributed by atoms with Crippen molar-refractivity contribution >= 4 is 23.6 Å². The summed E-state index contributed by atoms with van der Waals surface area (Å²) in [6.45, 7) is 15.2. The Balaban J connectivity index is 1.58.